The van der Waals surface area contributed by atoms with E-state index in [1.165, 1.54) is 11.3 Å². The summed E-state index contributed by atoms with van der Waals surface area (Å²) in [5.74, 6) is 0.0261. The van der Waals surface area contributed by atoms with Crippen LogP contribution in [0.25, 0.3) is 0 Å². The molecule has 1 aromatic rings. The number of piperazine rings is 1. The molecule has 0 atom stereocenters. The lowest BCUT2D eigenvalue weighted by atomic mass is 10.3. The number of likely N-dealkylation sites (N-methyl/N-ethyl adjacent to an activating group) is 1. The van der Waals surface area contributed by atoms with Crippen molar-refractivity contribution < 1.29 is 4.79 Å². The van der Waals surface area contributed by atoms with Crippen LogP contribution >= 0.6 is 22.9 Å². The van der Waals surface area contributed by atoms with E-state index in [4.69, 9.17) is 11.6 Å². The molecule has 0 spiro atoms. The molecule has 1 fully saturated rings. The number of aryl methyl sites for hydroxylation is 1. The van der Waals surface area contributed by atoms with Gasteiger partial charge < -0.3 is 10.2 Å². The van der Waals surface area contributed by atoms with E-state index in [9.17, 15) is 4.79 Å². The molecule has 0 unspecified atom stereocenters. The maximum Gasteiger partial charge on any atom is 0.265 e. The van der Waals surface area contributed by atoms with Crippen LogP contribution in [0.3, 0.4) is 0 Å². The van der Waals surface area contributed by atoms with Gasteiger partial charge in [-0.25, -0.2) is 0 Å². The van der Waals surface area contributed by atoms with Gasteiger partial charge in [-0.05, 0) is 17.9 Å². The normalized spacial score (nSPS) is 16.6. The third-order valence-electron chi connectivity index (χ3n) is 3.40. The zero-order valence-electron chi connectivity index (χ0n) is 11.4. The first-order chi connectivity index (χ1) is 9.09. The lowest BCUT2D eigenvalue weighted by Crippen LogP contribution is -2.46. The molecule has 1 N–H and O–H groups in total. The molecule has 0 bridgehead atoms. The van der Waals surface area contributed by atoms with Gasteiger partial charge in [-0.1, -0.05) is 11.6 Å². The van der Waals surface area contributed by atoms with Gasteiger partial charge in [0, 0.05) is 46.3 Å². The van der Waals surface area contributed by atoms with Crippen LogP contribution in [-0.4, -0.2) is 62.0 Å². The number of halogens is 1. The van der Waals surface area contributed by atoms with Crippen LogP contribution in [-0.2, 0) is 0 Å². The average molecular weight is 302 g/mol. The molecule has 0 aliphatic carbocycles. The summed E-state index contributed by atoms with van der Waals surface area (Å²) in [7, 11) is 1.84. The first-order valence-electron chi connectivity index (χ1n) is 6.51. The summed E-state index contributed by atoms with van der Waals surface area (Å²) in [5, 5.41) is 5.85. The Morgan fingerprint density at radius 1 is 1.53 bits per heavy atom. The molecular formula is C13H20ClN3OS. The highest BCUT2D eigenvalue weighted by molar-refractivity contribution is 7.13. The van der Waals surface area contributed by atoms with Gasteiger partial charge in [0.25, 0.3) is 5.91 Å². The number of nitrogens with zero attached hydrogens (tertiary/aromatic N) is 2. The van der Waals surface area contributed by atoms with Crippen molar-refractivity contribution in [2.24, 2.45) is 0 Å². The van der Waals surface area contributed by atoms with Gasteiger partial charge >= 0.3 is 0 Å². The summed E-state index contributed by atoms with van der Waals surface area (Å²) < 4.78 is 0. The lowest BCUT2D eigenvalue weighted by molar-refractivity contribution is 0.0779. The van der Waals surface area contributed by atoms with Crippen molar-refractivity contribution in [3.05, 3.63) is 20.8 Å². The predicted molar refractivity (Wildman–Crippen MR) is 80.3 cm³/mol. The van der Waals surface area contributed by atoms with Crippen molar-refractivity contribution >= 4 is 28.8 Å². The van der Waals surface area contributed by atoms with Crippen molar-refractivity contribution in [2.45, 2.75) is 6.92 Å². The van der Waals surface area contributed by atoms with E-state index in [1.54, 1.807) is 4.90 Å². The Morgan fingerprint density at radius 3 is 2.79 bits per heavy atom. The van der Waals surface area contributed by atoms with E-state index >= 15 is 0 Å². The number of amides is 1. The monoisotopic (exact) mass is 301 g/mol. The molecule has 2 heterocycles. The number of carbonyl (C=O) groups excluding carboxylic acids is 1. The highest BCUT2D eigenvalue weighted by atomic mass is 35.5. The second kappa shape index (κ2) is 6.70. The van der Waals surface area contributed by atoms with Crippen molar-refractivity contribution in [3.8, 4) is 0 Å². The molecule has 1 aliphatic rings. The van der Waals surface area contributed by atoms with Gasteiger partial charge in [-0.3, -0.25) is 9.69 Å². The first kappa shape index (κ1) is 14.8. The van der Waals surface area contributed by atoms with E-state index in [0.29, 0.717) is 9.90 Å². The quantitative estimate of drug-likeness (QED) is 0.919. The minimum absolute atomic E-state index is 0.0261. The number of carbonyl (C=O) groups is 1. The Hall–Kier alpha value is -0.620. The highest BCUT2D eigenvalue weighted by Gasteiger charge is 2.19. The van der Waals surface area contributed by atoms with Crippen LogP contribution < -0.4 is 5.32 Å². The molecule has 0 aromatic carbocycles. The second-order valence-electron chi connectivity index (χ2n) is 4.88. The summed E-state index contributed by atoms with van der Waals surface area (Å²) in [6, 6.07) is 0. The van der Waals surface area contributed by atoms with Gasteiger partial charge in [-0.15, -0.1) is 11.3 Å². The van der Waals surface area contributed by atoms with Gasteiger partial charge in [-0.2, -0.15) is 0 Å². The largest absolute Gasteiger partial charge is 0.340 e. The number of nitrogens with one attached hydrogen (secondary N) is 1. The third kappa shape index (κ3) is 3.69. The fourth-order valence-corrected chi connectivity index (χ4v) is 3.34. The Morgan fingerprint density at radius 2 is 2.21 bits per heavy atom. The van der Waals surface area contributed by atoms with Gasteiger partial charge in [0.15, 0.2) is 0 Å². The second-order valence-corrected chi connectivity index (χ2v) is 6.14. The smallest absolute Gasteiger partial charge is 0.265 e. The van der Waals surface area contributed by atoms with Crippen LogP contribution in [0.1, 0.15) is 15.2 Å². The van der Waals surface area contributed by atoms with Crippen LogP contribution in [0, 0.1) is 6.92 Å². The van der Waals surface area contributed by atoms with Crippen molar-refractivity contribution in [3.63, 3.8) is 0 Å². The van der Waals surface area contributed by atoms with Crippen molar-refractivity contribution in [1.29, 1.82) is 0 Å². The molecule has 1 amide bonds. The molecule has 6 heteroatoms. The molecule has 19 heavy (non-hydrogen) atoms. The molecule has 1 aromatic heterocycles. The molecule has 0 radical (unpaired) electrons. The Balaban J connectivity index is 1.87. The summed E-state index contributed by atoms with van der Waals surface area (Å²) in [6.07, 6.45) is 0. The SMILES string of the molecule is Cc1csc(C(=O)N(C)CCN2CCNCC2)c1Cl. The topological polar surface area (TPSA) is 35.6 Å². The number of thiophene rings is 1. The molecule has 106 valence electrons. The maximum absolute atomic E-state index is 12.3. The Labute approximate surface area is 123 Å². The highest BCUT2D eigenvalue weighted by Crippen LogP contribution is 2.27. The third-order valence-corrected chi connectivity index (χ3v) is 5.09. The van der Waals surface area contributed by atoms with E-state index in [1.807, 2.05) is 19.4 Å². The zero-order chi connectivity index (χ0) is 13.8. The molecule has 0 saturated carbocycles. The fraction of sp³-hybridized carbons (Fsp3) is 0.615. The van der Waals surface area contributed by atoms with E-state index < -0.39 is 0 Å². The molecular weight excluding hydrogens is 282 g/mol. The summed E-state index contributed by atoms with van der Waals surface area (Å²) >= 11 is 7.57. The standard InChI is InChI=1S/C13H20ClN3OS/c1-10-9-19-12(11(10)14)13(18)16(2)7-8-17-5-3-15-4-6-17/h9,15H,3-8H2,1-2H3. The van der Waals surface area contributed by atoms with Gasteiger partial charge in [0.1, 0.15) is 4.88 Å². The number of hydrogen-bond acceptors (Lipinski definition) is 4. The molecule has 1 aliphatic heterocycles. The molecule has 4 nitrogen and oxygen atoms in total. The molecule has 2 rings (SSSR count). The van der Waals surface area contributed by atoms with Gasteiger partial charge in [0.05, 0.1) is 5.02 Å². The minimum Gasteiger partial charge on any atom is -0.340 e. The Kier molecular flexibility index (Phi) is 5.21. The summed E-state index contributed by atoms with van der Waals surface area (Å²) in [6.45, 7) is 7.78. The Bertz CT molecular complexity index is 443. The van der Waals surface area contributed by atoms with Crippen LogP contribution in [0.5, 0.6) is 0 Å². The fourth-order valence-electron chi connectivity index (χ4n) is 2.08. The first-order valence-corrected chi connectivity index (χ1v) is 7.77. The number of hydrogen-bond donors (Lipinski definition) is 1. The van der Waals surface area contributed by atoms with Crippen LogP contribution in [0.15, 0.2) is 5.38 Å². The van der Waals surface area contributed by atoms with Crippen LogP contribution in [0.2, 0.25) is 5.02 Å². The number of rotatable bonds is 4. The van der Waals surface area contributed by atoms with E-state index in [-0.39, 0.29) is 5.91 Å². The van der Waals surface area contributed by atoms with Crippen LogP contribution in [0.4, 0.5) is 0 Å². The minimum atomic E-state index is 0.0261. The van der Waals surface area contributed by atoms with E-state index in [0.717, 1.165) is 44.8 Å². The van der Waals surface area contributed by atoms with Gasteiger partial charge in [0.2, 0.25) is 0 Å². The predicted octanol–water partition coefficient (Wildman–Crippen LogP) is 1.69. The molecule has 1 saturated heterocycles. The average Bonchev–Trinajstić information content (AvgIpc) is 2.77. The maximum atomic E-state index is 12.3. The van der Waals surface area contributed by atoms with E-state index in [2.05, 4.69) is 10.2 Å². The summed E-state index contributed by atoms with van der Waals surface area (Å²) in [5.41, 5.74) is 0.977. The summed E-state index contributed by atoms with van der Waals surface area (Å²) in [4.78, 5) is 17.1. The van der Waals surface area contributed by atoms with Crippen molar-refractivity contribution in [1.82, 2.24) is 15.1 Å². The van der Waals surface area contributed by atoms with Crippen molar-refractivity contribution in [2.75, 3.05) is 46.3 Å². The lowest BCUT2D eigenvalue weighted by Gasteiger charge is -2.29. The zero-order valence-corrected chi connectivity index (χ0v) is 13.0.